The van der Waals surface area contributed by atoms with Crippen molar-refractivity contribution in [2.24, 2.45) is 5.41 Å². The van der Waals surface area contributed by atoms with Gasteiger partial charge in [0.25, 0.3) is 0 Å². The second-order valence-corrected chi connectivity index (χ2v) is 4.63. The first-order chi connectivity index (χ1) is 7.71. The molecule has 2 aliphatic rings. The summed E-state index contributed by atoms with van der Waals surface area (Å²) in [5.41, 5.74) is -0.547. The molecule has 16 heavy (non-hydrogen) atoms. The summed E-state index contributed by atoms with van der Waals surface area (Å²) < 4.78 is 16.5. The van der Waals surface area contributed by atoms with Gasteiger partial charge in [-0.1, -0.05) is 19.8 Å². The standard InChI is InChI=1S/C12H20O4/c1-3-5-12(15-8-9-16-12)11(6-4-7-11)10(13)14-2/h3-9H2,1-2H3. The highest BCUT2D eigenvalue weighted by atomic mass is 16.7. The molecular formula is C12H20O4. The number of rotatable bonds is 4. The van der Waals surface area contributed by atoms with Crippen molar-refractivity contribution in [3.8, 4) is 0 Å². The molecule has 92 valence electrons. The SMILES string of the molecule is CCCC1(C2(C(=O)OC)CCC2)OCCO1. The van der Waals surface area contributed by atoms with Gasteiger partial charge in [0, 0.05) is 6.42 Å². The number of hydrogen-bond acceptors (Lipinski definition) is 4. The van der Waals surface area contributed by atoms with E-state index in [4.69, 9.17) is 14.2 Å². The van der Waals surface area contributed by atoms with Gasteiger partial charge in [-0.3, -0.25) is 4.79 Å². The summed E-state index contributed by atoms with van der Waals surface area (Å²) in [7, 11) is 1.44. The first-order valence-corrected chi connectivity index (χ1v) is 6.07. The molecule has 0 aromatic heterocycles. The maximum absolute atomic E-state index is 12.0. The van der Waals surface area contributed by atoms with Crippen molar-refractivity contribution >= 4 is 5.97 Å². The summed E-state index contributed by atoms with van der Waals surface area (Å²) in [5, 5.41) is 0. The highest BCUT2D eigenvalue weighted by Crippen LogP contribution is 2.55. The monoisotopic (exact) mass is 228 g/mol. The Balaban J connectivity index is 2.26. The molecule has 0 aromatic carbocycles. The van der Waals surface area contributed by atoms with Crippen molar-refractivity contribution in [1.82, 2.24) is 0 Å². The molecule has 1 aliphatic heterocycles. The van der Waals surface area contributed by atoms with Crippen LogP contribution in [0.5, 0.6) is 0 Å². The molecular weight excluding hydrogens is 208 g/mol. The largest absolute Gasteiger partial charge is 0.468 e. The summed E-state index contributed by atoms with van der Waals surface area (Å²) in [4.78, 5) is 12.0. The van der Waals surface area contributed by atoms with E-state index in [1.807, 2.05) is 0 Å². The molecule has 0 amide bonds. The lowest BCUT2D eigenvalue weighted by Crippen LogP contribution is -2.58. The van der Waals surface area contributed by atoms with Gasteiger partial charge in [-0.05, 0) is 12.8 Å². The smallest absolute Gasteiger partial charge is 0.317 e. The van der Waals surface area contributed by atoms with Crippen molar-refractivity contribution in [3.05, 3.63) is 0 Å². The van der Waals surface area contributed by atoms with Gasteiger partial charge in [-0.15, -0.1) is 0 Å². The van der Waals surface area contributed by atoms with Crippen LogP contribution in [0, 0.1) is 5.41 Å². The Bertz CT molecular complexity index is 264. The van der Waals surface area contributed by atoms with E-state index in [0.717, 1.165) is 32.1 Å². The van der Waals surface area contributed by atoms with Crippen LogP contribution in [-0.4, -0.2) is 32.1 Å². The average Bonchev–Trinajstić information content (AvgIpc) is 2.66. The molecule has 4 heteroatoms. The van der Waals surface area contributed by atoms with E-state index in [-0.39, 0.29) is 5.97 Å². The van der Waals surface area contributed by atoms with Gasteiger partial charge in [0.15, 0.2) is 5.79 Å². The van der Waals surface area contributed by atoms with Crippen molar-refractivity contribution in [2.45, 2.75) is 44.8 Å². The minimum atomic E-state index is -0.715. The van der Waals surface area contributed by atoms with E-state index in [1.54, 1.807) is 0 Å². The molecule has 0 atom stereocenters. The van der Waals surface area contributed by atoms with Crippen LogP contribution >= 0.6 is 0 Å². The molecule has 2 rings (SSSR count). The Morgan fingerprint density at radius 1 is 1.31 bits per heavy atom. The van der Waals surface area contributed by atoms with Gasteiger partial charge in [0.2, 0.25) is 0 Å². The fourth-order valence-electron chi connectivity index (χ4n) is 2.91. The zero-order valence-electron chi connectivity index (χ0n) is 10.1. The normalized spacial score (nSPS) is 26.1. The van der Waals surface area contributed by atoms with Gasteiger partial charge < -0.3 is 14.2 Å². The maximum Gasteiger partial charge on any atom is 0.317 e. The highest BCUT2D eigenvalue weighted by molar-refractivity contribution is 5.79. The molecule has 0 bridgehead atoms. The maximum atomic E-state index is 12.0. The van der Waals surface area contributed by atoms with E-state index in [0.29, 0.717) is 13.2 Å². The zero-order chi connectivity index (χ0) is 11.6. The number of methoxy groups -OCH3 is 1. The Morgan fingerprint density at radius 3 is 2.31 bits per heavy atom. The van der Waals surface area contributed by atoms with E-state index in [1.165, 1.54) is 7.11 Å². The minimum Gasteiger partial charge on any atom is -0.468 e. The molecule has 1 saturated heterocycles. The first kappa shape index (κ1) is 11.9. The van der Waals surface area contributed by atoms with Crippen molar-refractivity contribution in [2.75, 3.05) is 20.3 Å². The molecule has 0 aromatic rings. The first-order valence-electron chi connectivity index (χ1n) is 6.07. The molecule has 1 aliphatic carbocycles. The van der Waals surface area contributed by atoms with Crippen LogP contribution in [0.3, 0.4) is 0 Å². The number of carbonyl (C=O) groups excluding carboxylic acids is 1. The molecule has 1 saturated carbocycles. The summed E-state index contributed by atoms with van der Waals surface area (Å²) in [6, 6.07) is 0. The van der Waals surface area contributed by atoms with E-state index in [9.17, 15) is 4.79 Å². The van der Waals surface area contributed by atoms with Crippen LogP contribution in [0.4, 0.5) is 0 Å². The van der Waals surface area contributed by atoms with Crippen molar-refractivity contribution < 1.29 is 19.0 Å². The Morgan fingerprint density at radius 2 is 1.94 bits per heavy atom. The van der Waals surface area contributed by atoms with Crippen molar-refractivity contribution in [3.63, 3.8) is 0 Å². The second-order valence-electron chi connectivity index (χ2n) is 4.63. The fourth-order valence-corrected chi connectivity index (χ4v) is 2.91. The molecule has 2 fully saturated rings. The predicted molar refractivity (Wildman–Crippen MR) is 57.8 cm³/mol. The molecule has 0 unspecified atom stereocenters. The van der Waals surface area contributed by atoms with Gasteiger partial charge in [-0.25, -0.2) is 0 Å². The quantitative estimate of drug-likeness (QED) is 0.689. The number of carbonyl (C=O) groups is 1. The van der Waals surface area contributed by atoms with E-state index < -0.39 is 11.2 Å². The van der Waals surface area contributed by atoms with Crippen LogP contribution in [-0.2, 0) is 19.0 Å². The van der Waals surface area contributed by atoms with E-state index >= 15 is 0 Å². The number of hydrogen-bond donors (Lipinski definition) is 0. The summed E-state index contributed by atoms with van der Waals surface area (Å²) in [6.07, 6.45) is 4.40. The Hall–Kier alpha value is -0.610. The molecule has 0 radical (unpaired) electrons. The predicted octanol–water partition coefficient (Wildman–Crippen LogP) is 1.87. The highest BCUT2D eigenvalue weighted by Gasteiger charge is 2.63. The lowest BCUT2D eigenvalue weighted by Gasteiger charge is -2.49. The molecule has 4 nitrogen and oxygen atoms in total. The van der Waals surface area contributed by atoms with Gasteiger partial charge in [-0.2, -0.15) is 0 Å². The van der Waals surface area contributed by atoms with Crippen LogP contribution in [0.2, 0.25) is 0 Å². The molecule has 0 spiro atoms. The summed E-state index contributed by atoms with van der Waals surface area (Å²) in [6.45, 7) is 3.24. The summed E-state index contributed by atoms with van der Waals surface area (Å²) in [5.74, 6) is -0.887. The minimum absolute atomic E-state index is 0.172. The number of esters is 1. The van der Waals surface area contributed by atoms with Crippen LogP contribution in [0.15, 0.2) is 0 Å². The topological polar surface area (TPSA) is 44.8 Å². The van der Waals surface area contributed by atoms with Crippen LogP contribution in [0.25, 0.3) is 0 Å². The lowest BCUT2D eigenvalue weighted by molar-refractivity contribution is -0.266. The van der Waals surface area contributed by atoms with Gasteiger partial charge in [0.05, 0.1) is 20.3 Å². The third-order valence-electron chi connectivity index (χ3n) is 3.85. The second kappa shape index (κ2) is 4.34. The zero-order valence-corrected chi connectivity index (χ0v) is 10.1. The van der Waals surface area contributed by atoms with Gasteiger partial charge >= 0.3 is 5.97 Å². The third kappa shape index (κ3) is 1.47. The fraction of sp³-hybridized carbons (Fsp3) is 0.917. The van der Waals surface area contributed by atoms with Crippen LogP contribution in [0.1, 0.15) is 39.0 Å². The van der Waals surface area contributed by atoms with Gasteiger partial charge in [0.1, 0.15) is 5.41 Å². The Kier molecular flexibility index (Phi) is 3.22. The Labute approximate surface area is 96.2 Å². The van der Waals surface area contributed by atoms with Crippen molar-refractivity contribution in [1.29, 1.82) is 0 Å². The number of ether oxygens (including phenoxy) is 3. The summed E-state index contributed by atoms with van der Waals surface area (Å²) >= 11 is 0. The third-order valence-corrected chi connectivity index (χ3v) is 3.85. The van der Waals surface area contributed by atoms with Crippen LogP contribution < -0.4 is 0 Å². The lowest BCUT2D eigenvalue weighted by atomic mass is 9.62. The molecule has 0 N–H and O–H groups in total. The average molecular weight is 228 g/mol. The van der Waals surface area contributed by atoms with E-state index in [2.05, 4.69) is 6.92 Å². The molecule has 1 heterocycles.